The molecule has 1 saturated carbocycles. The summed E-state index contributed by atoms with van der Waals surface area (Å²) in [5.74, 6) is 0. The van der Waals surface area contributed by atoms with Gasteiger partial charge in [0, 0.05) is 18.7 Å². The van der Waals surface area contributed by atoms with Crippen molar-refractivity contribution < 1.29 is 13.3 Å². The number of nitro groups is 1. The molecule has 0 aromatic heterocycles. The molecule has 0 heterocycles. The number of hydrogen-bond acceptors (Lipinski definition) is 4. The van der Waals surface area contributed by atoms with Crippen LogP contribution in [0.4, 0.5) is 5.69 Å². The van der Waals surface area contributed by atoms with E-state index in [-0.39, 0.29) is 16.6 Å². The summed E-state index contributed by atoms with van der Waals surface area (Å²) in [6.45, 7) is 0.322. The first-order chi connectivity index (χ1) is 12.5. The second kappa shape index (κ2) is 7.97. The van der Waals surface area contributed by atoms with Crippen LogP contribution in [0, 0.1) is 10.1 Å². The van der Waals surface area contributed by atoms with Crippen molar-refractivity contribution in [2.45, 2.75) is 43.0 Å². The molecule has 26 heavy (non-hydrogen) atoms. The Morgan fingerprint density at radius 2 is 1.62 bits per heavy atom. The normalized spacial score (nSPS) is 15.4. The van der Waals surface area contributed by atoms with Gasteiger partial charge < -0.3 is 0 Å². The molecule has 7 heteroatoms. The first kappa shape index (κ1) is 18.5. The maximum atomic E-state index is 13.3. The molecule has 0 aliphatic heterocycles. The summed E-state index contributed by atoms with van der Waals surface area (Å²) >= 11 is 0. The molecule has 0 unspecified atom stereocenters. The molecular formula is C19H22N2O4S. The van der Waals surface area contributed by atoms with E-state index in [2.05, 4.69) is 0 Å². The maximum absolute atomic E-state index is 13.3. The molecule has 0 saturated heterocycles. The number of nitro benzene ring substituents is 1. The highest BCUT2D eigenvalue weighted by atomic mass is 32.2. The largest absolute Gasteiger partial charge is 0.289 e. The monoisotopic (exact) mass is 374 g/mol. The predicted octanol–water partition coefficient (Wildman–Crippen LogP) is 3.77. The fourth-order valence-corrected chi connectivity index (χ4v) is 5.37. The number of sulfonamides is 1. The lowest BCUT2D eigenvalue weighted by Crippen LogP contribution is -2.40. The van der Waals surface area contributed by atoms with Crippen LogP contribution in [0.3, 0.4) is 0 Å². The molecule has 2 aromatic rings. The lowest BCUT2D eigenvalue weighted by atomic mass is 10.1. The number of rotatable bonds is 7. The van der Waals surface area contributed by atoms with Gasteiger partial charge >= 0.3 is 0 Å². The van der Waals surface area contributed by atoms with E-state index in [0.717, 1.165) is 31.2 Å². The van der Waals surface area contributed by atoms with Crippen molar-refractivity contribution in [1.82, 2.24) is 4.31 Å². The highest BCUT2D eigenvalue weighted by Gasteiger charge is 2.36. The molecule has 1 aliphatic rings. The average molecular weight is 374 g/mol. The van der Waals surface area contributed by atoms with Crippen LogP contribution in [-0.2, 0) is 16.4 Å². The van der Waals surface area contributed by atoms with Gasteiger partial charge in [-0.3, -0.25) is 10.1 Å². The fourth-order valence-electron chi connectivity index (χ4n) is 3.53. The highest BCUT2D eigenvalue weighted by molar-refractivity contribution is 7.89. The lowest BCUT2D eigenvalue weighted by Gasteiger charge is -2.28. The molecule has 0 spiro atoms. The quantitative estimate of drug-likeness (QED) is 0.546. The maximum Gasteiger partial charge on any atom is 0.289 e. The first-order valence-electron chi connectivity index (χ1n) is 8.79. The van der Waals surface area contributed by atoms with E-state index < -0.39 is 14.9 Å². The minimum Gasteiger partial charge on any atom is -0.258 e. The summed E-state index contributed by atoms with van der Waals surface area (Å²) in [7, 11) is -3.94. The Morgan fingerprint density at radius 3 is 2.27 bits per heavy atom. The van der Waals surface area contributed by atoms with Crippen molar-refractivity contribution in [2.75, 3.05) is 6.54 Å². The smallest absolute Gasteiger partial charge is 0.258 e. The van der Waals surface area contributed by atoms with Gasteiger partial charge in [-0.25, -0.2) is 8.42 Å². The van der Waals surface area contributed by atoms with E-state index in [9.17, 15) is 18.5 Å². The van der Waals surface area contributed by atoms with Crippen molar-refractivity contribution in [3.8, 4) is 0 Å². The van der Waals surface area contributed by atoms with Crippen LogP contribution in [0.25, 0.3) is 0 Å². The molecule has 3 rings (SSSR count). The van der Waals surface area contributed by atoms with Gasteiger partial charge in [0.2, 0.25) is 10.0 Å². The lowest BCUT2D eigenvalue weighted by molar-refractivity contribution is -0.387. The van der Waals surface area contributed by atoms with Crippen molar-refractivity contribution in [2.24, 2.45) is 0 Å². The third kappa shape index (κ3) is 3.94. The molecule has 0 N–H and O–H groups in total. The van der Waals surface area contributed by atoms with Gasteiger partial charge in [0.05, 0.1) is 4.92 Å². The number of hydrogen-bond donors (Lipinski definition) is 0. The Hall–Kier alpha value is -2.25. The van der Waals surface area contributed by atoms with E-state index >= 15 is 0 Å². The zero-order valence-corrected chi connectivity index (χ0v) is 15.3. The molecule has 0 bridgehead atoms. The summed E-state index contributed by atoms with van der Waals surface area (Å²) in [5.41, 5.74) is 0.684. The molecule has 0 radical (unpaired) electrons. The van der Waals surface area contributed by atoms with Crippen LogP contribution < -0.4 is 0 Å². The van der Waals surface area contributed by atoms with E-state index in [0.29, 0.717) is 13.0 Å². The van der Waals surface area contributed by atoms with E-state index in [1.54, 1.807) is 0 Å². The van der Waals surface area contributed by atoms with Gasteiger partial charge in [-0.05, 0) is 30.9 Å². The summed E-state index contributed by atoms with van der Waals surface area (Å²) in [5, 5.41) is 11.3. The Labute approximate surface area is 153 Å². The van der Waals surface area contributed by atoms with Crippen molar-refractivity contribution in [3.63, 3.8) is 0 Å². The molecule has 2 aromatic carbocycles. The van der Waals surface area contributed by atoms with Crippen LogP contribution in [-0.4, -0.2) is 30.2 Å². The standard InChI is InChI=1S/C19H22N2O4S/c22-21(23)18-12-6-7-13-19(18)26(24,25)20(17-10-4-5-11-17)15-14-16-8-2-1-3-9-16/h1-3,6-9,12-13,17H,4-5,10-11,14-15H2. The zero-order valence-electron chi connectivity index (χ0n) is 14.5. The Bertz CT molecular complexity index is 862. The molecule has 138 valence electrons. The summed E-state index contributed by atoms with van der Waals surface area (Å²) in [6.07, 6.45) is 4.15. The van der Waals surface area contributed by atoms with Crippen molar-refractivity contribution in [3.05, 3.63) is 70.3 Å². The molecule has 1 fully saturated rings. The predicted molar refractivity (Wildman–Crippen MR) is 99.4 cm³/mol. The van der Waals surface area contributed by atoms with Gasteiger partial charge in [-0.15, -0.1) is 0 Å². The van der Waals surface area contributed by atoms with E-state index in [1.165, 1.54) is 28.6 Å². The molecule has 6 nitrogen and oxygen atoms in total. The van der Waals surface area contributed by atoms with Crippen LogP contribution in [0.5, 0.6) is 0 Å². The second-order valence-corrected chi connectivity index (χ2v) is 8.37. The van der Waals surface area contributed by atoms with Crippen LogP contribution in [0.1, 0.15) is 31.2 Å². The number of nitrogens with zero attached hydrogens (tertiary/aromatic N) is 2. The third-order valence-electron chi connectivity index (χ3n) is 4.84. The van der Waals surface area contributed by atoms with Crippen LogP contribution in [0.2, 0.25) is 0 Å². The summed E-state index contributed by atoms with van der Waals surface area (Å²) in [4.78, 5) is 10.5. The minimum absolute atomic E-state index is 0.0940. The molecule has 0 atom stereocenters. The second-order valence-electron chi connectivity index (χ2n) is 6.51. The Balaban J connectivity index is 1.94. The van der Waals surface area contributed by atoms with E-state index in [1.807, 2.05) is 30.3 Å². The zero-order chi connectivity index (χ0) is 18.6. The van der Waals surface area contributed by atoms with Gasteiger partial charge in [0.25, 0.3) is 5.69 Å². The first-order valence-corrected chi connectivity index (χ1v) is 10.2. The van der Waals surface area contributed by atoms with Crippen molar-refractivity contribution in [1.29, 1.82) is 0 Å². The topological polar surface area (TPSA) is 80.5 Å². The molecule has 0 amide bonds. The minimum atomic E-state index is -3.94. The van der Waals surface area contributed by atoms with Gasteiger partial charge in [0.15, 0.2) is 4.90 Å². The number of para-hydroxylation sites is 1. The molecule has 1 aliphatic carbocycles. The van der Waals surface area contributed by atoms with Gasteiger partial charge in [0.1, 0.15) is 0 Å². The highest BCUT2D eigenvalue weighted by Crippen LogP contribution is 2.32. The number of benzene rings is 2. The van der Waals surface area contributed by atoms with Gasteiger partial charge in [-0.2, -0.15) is 4.31 Å². The SMILES string of the molecule is O=[N+]([O-])c1ccccc1S(=O)(=O)N(CCc1ccccc1)C1CCCC1. The average Bonchev–Trinajstić information content (AvgIpc) is 3.17. The Kier molecular flexibility index (Phi) is 5.68. The summed E-state index contributed by atoms with van der Waals surface area (Å²) < 4.78 is 28.1. The van der Waals surface area contributed by atoms with Gasteiger partial charge in [-0.1, -0.05) is 55.3 Å². The van der Waals surface area contributed by atoms with Crippen LogP contribution in [0.15, 0.2) is 59.5 Å². The third-order valence-corrected chi connectivity index (χ3v) is 6.84. The molecular weight excluding hydrogens is 352 g/mol. The fraction of sp³-hybridized carbons (Fsp3) is 0.368. The van der Waals surface area contributed by atoms with Crippen molar-refractivity contribution >= 4 is 15.7 Å². The van der Waals surface area contributed by atoms with Crippen LogP contribution >= 0.6 is 0 Å². The Morgan fingerprint density at radius 1 is 1.00 bits per heavy atom. The van der Waals surface area contributed by atoms with E-state index in [4.69, 9.17) is 0 Å². The summed E-state index contributed by atoms with van der Waals surface area (Å²) in [6, 6.07) is 15.2.